The lowest BCUT2D eigenvalue weighted by Gasteiger charge is -2.46. The van der Waals surface area contributed by atoms with Gasteiger partial charge in [-0.2, -0.15) is 0 Å². The molecule has 0 spiro atoms. The normalized spacial score (nSPS) is 13.8. The van der Waals surface area contributed by atoms with Crippen molar-refractivity contribution < 1.29 is 0 Å². The van der Waals surface area contributed by atoms with Gasteiger partial charge >= 0.3 is 0 Å². The van der Waals surface area contributed by atoms with E-state index in [2.05, 4.69) is 284 Å². The molecule has 2 aliphatic rings. The van der Waals surface area contributed by atoms with Crippen molar-refractivity contribution >= 4 is 57.5 Å². The summed E-state index contributed by atoms with van der Waals surface area (Å²) < 4.78 is 0. The van der Waals surface area contributed by atoms with Crippen molar-refractivity contribution in [3.05, 3.63) is 246 Å². The molecular weight excluding hydrogens is 858 g/mol. The van der Waals surface area contributed by atoms with Gasteiger partial charge in [-0.1, -0.05) is 190 Å². The zero-order valence-corrected chi connectivity index (χ0v) is 43.1. The van der Waals surface area contributed by atoms with Crippen molar-refractivity contribution in [1.29, 1.82) is 0 Å². The van der Waals surface area contributed by atoms with Crippen LogP contribution in [-0.2, 0) is 16.2 Å². The third-order valence-electron chi connectivity index (χ3n) is 14.2. The Morgan fingerprint density at radius 1 is 0.493 bits per heavy atom. The van der Waals surface area contributed by atoms with E-state index in [-0.39, 0.29) is 23.0 Å². The van der Waals surface area contributed by atoms with E-state index in [9.17, 15) is 0 Å². The standard InChI is InChI=1S/C67H64BN3/c1-12-25-62-64-46(2)69(59-39-34-49(65(3,4)5)42-55(59)47-26-17-13-18-27-47)63-45-54(70(52-30-21-15-22-31-52)53-32-23-16-24-33-53)37-38-57(63)68(64)58-44-51(67(9,10)11)36-41-61(58)71(62)60-40-35-50(66(6,7)8)43-56(60)48-28-19-14-20-29-48/h12-17,19-26,28-45H,2H2,1,3-11H3/b25-12+. The third-order valence-corrected chi connectivity index (χ3v) is 14.2. The second kappa shape index (κ2) is 18.2. The van der Waals surface area contributed by atoms with Crippen LogP contribution in [0.3, 0.4) is 0 Å². The Bertz CT molecular complexity index is 3290. The zero-order valence-electron chi connectivity index (χ0n) is 43.1. The molecule has 0 saturated carbocycles. The van der Waals surface area contributed by atoms with Gasteiger partial charge in [-0.25, -0.2) is 0 Å². The molecule has 0 bridgehead atoms. The van der Waals surface area contributed by atoms with Gasteiger partial charge in [-0.3, -0.25) is 0 Å². The smallest absolute Gasteiger partial charge is 0.252 e. The number of fused-ring (bicyclic) bond motifs is 5. The lowest BCUT2D eigenvalue weighted by atomic mass is 9.32. The predicted molar refractivity (Wildman–Crippen MR) is 305 cm³/mol. The summed E-state index contributed by atoms with van der Waals surface area (Å²) in [6.45, 7) is 28.0. The molecule has 0 aliphatic carbocycles. The molecule has 3 nitrogen and oxygen atoms in total. The molecule has 71 heavy (non-hydrogen) atoms. The number of allylic oxidation sites excluding steroid dienone is 3. The van der Waals surface area contributed by atoms with Crippen LogP contribution in [0.5, 0.6) is 0 Å². The van der Waals surface area contributed by atoms with E-state index in [1.807, 2.05) is 6.07 Å². The summed E-state index contributed by atoms with van der Waals surface area (Å²) in [6, 6.07) is 73.6. The summed E-state index contributed by atoms with van der Waals surface area (Å²) in [7, 11) is 0. The molecule has 10 rings (SSSR count). The van der Waals surface area contributed by atoms with Gasteiger partial charge in [0.25, 0.3) is 6.71 Å². The maximum atomic E-state index is 5.26. The highest BCUT2D eigenvalue weighted by molar-refractivity contribution is 6.94. The fraction of sp³-hybridized carbons (Fsp3) is 0.194. The summed E-state index contributed by atoms with van der Waals surface area (Å²) in [5, 5.41) is 0. The largest absolute Gasteiger partial charge is 0.311 e. The highest BCUT2D eigenvalue weighted by atomic mass is 15.2. The summed E-state index contributed by atoms with van der Waals surface area (Å²) in [4.78, 5) is 7.34. The Morgan fingerprint density at radius 2 is 1.03 bits per heavy atom. The number of nitrogens with zero attached hydrogens (tertiary/aromatic N) is 3. The fourth-order valence-electron chi connectivity index (χ4n) is 10.5. The molecule has 0 radical (unpaired) electrons. The van der Waals surface area contributed by atoms with Gasteiger partial charge in [0.05, 0.1) is 11.4 Å². The second-order valence-corrected chi connectivity index (χ2v) is 22.2. The number of hydrogen-bond donors (Lipinski definition) is 0. The molecule has 2 heterocycles. The Labute approximate surface area is 424 Å². The van der Waals surface area contributed by atoms with E-state index in [1.165, 1.54) is 44.2 Å². The molecule has 8 aromatic rings. The van der Waals surface area contributed by atoms with Crippen LogP contribution in [0.4, 0.5) is 39.8 Å². The fourth-order valence-corrected chi connectivity index (χ4v) is 10.5. The van der Waals surface area contributed by atoms with Crippen LogP contribution in [0.1, 0.15) is 85.9 Å². The Balaban J connectivity index is 1.33. The van der Waals surface area contributed by atoms with E-state index in [4.69, 9.17) is 6.58 Å². The van der Waals surface area contributed by atoms with Gasteiger partial charge in [-0.15, -0.1) is 0 Å². The van der Waals surface area contributed by atoms with E-state index in [1.54, 1.807) is 0 Å². The maximum Gasteiger partial charge on any atom is 0.252 e. The first-order valence-corrected chi connectivity index (χ1v) is 25.1. The van der Waals surface area contributed by atoms with Crippen molar-refractivity contribution in [2.75, 3.05) is 14.7 Å². The second-order valence-electron chi connectivity index (χ2n) is 22.2. The van der Waals surface area contributed by atoms with Crippen molar-refractivity contribution in [3.63, 3.8) is 0 Å². The average molecular weight is 922 g/mol. The minimum absolute atomic E-state index is 0.0509. The summed E-state index contributed by atoms with van der Waals surface area (Å²) in [6.07, 6.45) is 4.51. The number of hydrogen-bond acceptors (Lipinski definition) is 3. The molecule has 350 valence electrons. The molecule has 0 atom stereocenters. The number of benzene rings is 7. The van der Waals surface area contributed by atoms with Crippen molar-refractivity contribution in [2.45, 2.75) is 85.5 Å². The van der Waals surface area contributed by atoms with Gasteiger partial charge < -0.3 is 14.7 Å². The first kappa shape index (κ1) is 47.0. The average Bonchev–Trinajstić information content (AvgIpc) is 3.36. The number of anilines is 7. The van der Waals surface area contributed by atoms with Crippen LogP contribution in [0.2, 0.25) is 0 Å². The van der Waals surface area contributed by atoms with E-state index in [0.717, 1.165) is 62.3 Å². The molecule has 0 amide bonds. The summed E-state index contributed by atoms with van der Waals surface area (Å²) >= 11 is 0. The predicted octanol–water partition coefficient (Wildman–Crippen LogP) is 16.8. The van der Waals surface area contributed by atoms with E-state index < -0.39 is 0 Å². The van der Waals surface area contributed by atoms with E-state index >= 15 is 0 Å². The lowest BCUT2D eigenvalue weighted by Crippen LogP contribution is -2.56. The molecule has 8 aromatic carbocycles. The SMILES string of the molecule is C=C1C2=C(/C=C/C)N(c3ccc(C(C)(C)C)cc3-c3ccccc3)c3ccc(C(C)(C)C)cc3B2c2ccc(N(c3ccccc3)c3ccccc3)cc2N1c1ccc(C(C)(C)C)cc1-c1c#cccc1. The van der Waals surface area contributed by atoms with Crippen molar-refractivity contribution in [3.8, 4) is 22.3 Å². The highest BCUT2D eigenvalue weighted by Gasteiger charge is 2.45. The third kappa shape index (κ3) is 8.70. The lowest BCUT2D eigenvalue weighted by molar-refractivity contribution is 0.590. The van der Waals surface area contributed by atoms with Crippen molar-refractivity contribution in [1.82, 2.24) is 0 Å². The quantitative estimate of drug-likeness (QED) is 0.141. The minimum Gasteiger partial charge on any atom is -0.311 e. The number of rotatable bonds is 8. The van der Waals surface area contributed by atoms with Crippen LogP contribution in [0.25, 0.3) is 22.3 Å². The molecule has 0 N–H and O–H groups in total. The summed E-state index contributed by atoms with van der Waals surface area (Å²) in [5.41, 5.74) is 21.3. The van der Waals surface area contributed by atoms with Crippen LogP contribution in [0, 0.1) is 12.1 Å². The Hall–Kier alpha value is -7.74. The Kier molecular flexibility index (Phi) is 12.1. The first-order chi connectivity index (χ1) is 34.0. The van der Waals surface area contributed by atoms with Gasteiger partial charge in [-0.05, 0) is 147 Å². The Morgan fingerprint density at radius 3 is 1.58 bits per heavy atom. The van der Waals surface area contributed by atoms with Gasteiger partial charge in [0.1, 0.15) is 0 Å². The maximum absolute atomic E-state index is 5.26. The molecule has 0 saturated heterocycles. The van der Waals surface area contributed by atoms with E-state index in [0.29, 0.717) is 0 Å². The molecule has 0 fully saturated rings. The van der Waals surface area contributed by atoms with Crippen LogP contribution >= 0.6 is 0 Å². The molecule has 4 heteroatoms. The summed E-state index contributed by atoms with van der Waals surface area (Å²) in [5.74, 6) is 0. The van der Waals surface area contributed by atoms with Crippen LogP contribution in [-0.4, -0.2) is 6.71 Å². The topological polar surface area (TPSA) is 9.72 Å². The van der Waals surface area contributed by atoms with Gasteiger partial charge in [0, 0.05) is 56.5 Å². The number of para-hydroxylation sites is 2. The zero-order chi connectivity index (χ0) is 49.8. The molecule has 0 unspecified atom stereocenters. The molecule has 2 aliphatic heterocycles. The van der Waals surface area contributed by atoms with Crippen LogP contribution < -0.4 is 25.6 Å². The molecule has 0 aromatic heterocycles. The monoisotopic (exact) mass is 922 g/mol. The van der Waals surface area contributed by atoms with Crippen molar-refractivity contribution in [2.24, 2.45) is 0 Å². The van der Waals surface area contributed by atoms with Gasteiger partial charge in [0.2, 0.25) is 0 Å². The van der Waals surface area contributed by atoms with Gasteiger partial charge in [0.15, 0.2) is 0 Å². The van der Waals surface area contributed by atoms with Crippen LogP contribution in [0.15, 0.2) is 218 Å². The minimum atomic E-state index is -0.146. The highest BCUT2D eigenvalue weighted by Crippen LogP contribution is 2.50. The molecular formula is C67H64BN3. The first-order valence-electron chi connectivity index (χ1n) is 25.1.